The Labute approximate surface area is 133 Å². The lowest BCUT2D eigenvalue weighted by atomic mass is 10.0. The minimum atomic E-state index is -0.399. The van der Waals surface area contributed by atoms with E-state index >= 15 is 0 Å². The molecule has 1 saturated heterocycles. The van der Waals surface area contributed by atoms with Crippen molar-refractivity contribution in [1.29, 1.82) is 0 Å². The van der Waals surface area contributed by atoms with E-state index in [-0.39, 0.29) is 0 Å². The molecule has 1 aromatic rings. The van der Waals surface area contributed by atoms with Gasteiger partial charge in [0.25, 0.3) is 0 Å². The smallest absolute Gasteiger partial charge is 0.143 e. The minimum absolute atomic E-state index is 0.399. The summed E-state index contributed by atoms with van der Waals surface area (Å²) < 4.78 is 5.73. The number of aliphatic hydroxyl groups is 1. The van der Waals surface area contributed by atoms with Crippen molar-refractivity contribution in [1.82, 2.24) is 4.90 Å². The molecule has 1 N–H and O–H groups in total. The molecule has 0 spiro atoms. The Bertz CT molecular complexity index is 484. The number of ether oxygens (including phenoxy) is 1. The summed E-state index contributed by atoms with van der Waals surface area (Å²) in [6, 6.07) is 6.12. The molecule has 0 saturated carbocycles. The van der Waals surface area contributed by atoms with E-state index in [1.165, 1.54) is 38.8 Å². The zero-order valence-corrected chi connectivity index (χ0v) is 13.6. The van der Waals surface area contributed by atoms with Crippen LogP contribution in [0, 0.1) is 0 Å². The Hall–Kier alpha value is -1.26. The number of nitrogens with zero attached hydrogens (tertiary/aromatic N) is 2. The van der Waals surface area contributed by atoms with Crippen LogP contribution < -0.4 is 9.64 Å². The fourth-order valence-electron chi connectivity index (χ4n) is 3.41. The molecule has 0 bridgehead atoms. The summed E-state index contributed by atoms with van der Waals surface area (Å²) in [5, 5.41) is 10.5. The van der Waals surface area contributed by atoms with Crippen molar-refractivity contribution in [3.8, 4) is 5.75 Å². The van der Waals surface area contributed by atoms with Crippen molar-refractivity contribution in [2.24, 2.45) is 0 Å². The third-order valence-corrected chi connectivity index (χ3v) is 4.88. The molecule has 1 aromatic carbocycles. The maximum absolute atomic E-state index is 10.5. The highest BCUT2D eigenvalue weighted by Crippen LogP contribution is 2.33. The van der Waals surface area contributed by atoms with E-state index in [4.69, 9.17) is 4.74 Å². The van der Waals surface area contributed by atoms with Crippen LogP contribution in [0.25, 0.3) is 0 Å². The zero-order valence-electron chi connectivity index (χ0n) is 13.6. The van der Waals surface area contributed by atoms with E-state index in [1.54, 1.807) is 0 Å². The van der Waals surface area contributed by atoms with Crippen LogP contribution in [-0.2, 0) is 0 Å². The fourth-order valence-corrected chi connectivity index (χ4v) is 3.41. The van der Waals surface area contributed by atoms with Crippen molar-refractivity contribution in [3.63, 3.8) is 0 Å². The first-order valence-electron chi connectivity index (χ1n) is 8.62. The highest BCUT2D eigenvalue weighted by Gasteiger charge is 2.18. The normalized spacial score (nSPS) is 20.9. The monoisotopic (exact) mass is 304 g/mol. The van der Waals surface area contributed by atoms with E-state index in [2.05, 4.69) is 22.9 Å². The number of aliphatic hydroxyl groups excluding tert-OH is 1. The second kappa shape index (κ2) is 7.34. The fraction of sp³-hybridized carbons (Fsp3) is 0.667. The van der Waals surface area contributed by atoms with Gasteiger partial charge in [0.15, 0.2) is 0 Å². The van der Waals surface area contributed by atoms with Gasteiger partial charge in [0.1, 0.15) is 12.4 Å². The molecule has 0 aliphatic carbocycles. The second-order valence-electron chi connectivity index (χ2n) is 6.56. The van der Waals surface area contributed by atoms with Gasteiger partial charge in [-0.3, -0.25) is 0 Å². The predicted molar refractivity (Wildman–Crippen MR) is 89.7 cm³/mol. The average Bonchev–Trinajstić information content (AvgIpc) is 2.81. The minimum Gasteiger partial charge on any atom is -0.490 e. The lowest BCUT2D eigenvalue weighted by molar-refractivity contribution is 0.142. The average molecular weight is 304 g/mol. The molecule has 0 amide bonds. The number of anilines is 1. The summed E-state index contributed by atoms with van der Waals surface area (Å²) in [7, 11) is 2.08. The highest BCUT2D eigenvalue weighted by molar-refractivity contribution is 5.60. The summed E-state index contributed by atoms with van der Waals surface area (Å²) >= 11 is 0. The van der Waals surface area contributed by atoms with Gasteiger partial charge in [0.05, 0.1) is 18.3 Å². The van der Waals surface area contributed by atoms with Crippen LogP contribution in [0.1, 0.15) is 43.8 Å². The van der Waals surface area contributed by atoms with Crippen molar-refractivity contribution in [3.05, 3.63) is 23.8 Å². The van der Waals surface area contributed by atoms with E-state index < -0.39 is 6.10 Å². The van der Waals surface area contributed by atoms with Crippen LogP contribution in [0.5, 0.6) is 5.75 Å². The molecule has 0 aromatic heterocycles. The Morgan fingerprint density at radius 3 is 2.68 bits per heavy atom. The van der Waals surface area contributed by atoms with Crippen LogP contribution in [0.15, 0.2) is 18.2 Å². The number of hydrogen-bond donors (Lipinski definition) is 1. The topological polar surface area (TPSA) is 35.9 Å². The van der Waals surface area contributed by atoms with E-state index in [1.807, 2.05) is 12.1 Å². The number of likely N-dealkylation sites (tertiary alicyclic amines) is 1. The highest BCUT2D eigenvalue weighted by atomic mass is 16.5. The molecule has 4 nitrogen and oxygen atoms in total. The Kier molecular flexibility index (Phi) is 5.21. The summed E-state index contributed by atoms with van der Waals surface area (Å²) in [6.45, 7) is 5.00. The first-order chi connectivity index (χ1) is 10.7. The molecule has 1 atom stereocenters. The largest absolute Gasteiger partial charge is 0.490 e. The van der Waals surface area contributed by atoms with Crippen molar-refractivity contribution >= 4 is 5.69 Å². The van der Waals surface area contributed by atoms with E-state index in [0.717, 1.165) is 43.1 Å². The number of likely N-dealkylation sites (N-methyl/N-ethyl adjacent to an activating group) is 1. The molecule has 2 heterocycles. The van der Waals surface area contributed by atoms with Crippen LogP contribution in [-0.4, -0.2) is 49.8 Å². The summed E-state index contributed by atoms with van der Waals surface area (Å²) in [4.78, 5) is 4.70. The SMILES string of the molecule is CN1CCOc2cc(C(O)CCN3CCCCCC3)ccc21. The van der Waals surface area contributed by atoms with Crippen LogP contribution >= 0.6 is 0 Å². The summed E-state index contributed by atoms with van der Waals surface area (Å²) in [5.74, 6) is 0.903. The molecule has 22 heavy (non-hydrogen) atoms. The molecule has 2 aliphatic rings. The van der Waals surface area contributed by atoms with Crippen LogP contribution in [0.3, 0.4) is 0 Å². The first kappa shape index (κ1) is 15.6. The van der Waals surface area contributed by atoms with Gasteiger partial charge in [0, 0.05) is 13.6 Å². The lowest BCUT2D eigenvalue weighted by Gasteiger charge is -2.28. The number of benzene rings is 1. The Morgan fingerprint density at radius 1 is 1.14 bits per heavy atom. The third kappa shape index (κ3) is 3.73. The molecule has 1 fully saturated rings. The van der Waals surface area contributed by atoms with Gasteiger partial charge < -0.3 is 19.6 Å². The predicted octanol–water partition coefficient (Wildman–Crippen LogP) is 2.81. The van der Waals surface area contributed by atoms with Gasteiger partial charge >= 0.3 is 0 Å². The van der Waals surface area contributed by atoms with Crippen molar-refractivity contribution < 1.29 is 9.84 Å². The third-order valence-electron chi connectivity index (χ3n) is 4.88. The lowest BCUT2D eigenvalue weighted by Crippen LogP contribution is -2.29. The van der Waals surface area contributed by atoms with Crippen LogP contribution in [0.4, 0.5) is 5.69 Å². The van der Waals surface area contributed by atoms with Gasteiger partial charge in [-0.25, -0.2) is 0 Å². The second-order valence-corrected chi connectivity index (χ2v) is 6.56. The maximum atomic E-state index is 10.5. The standard InChI is InChI=1S/C18H28N2O2/c1-19-12-13-22-18-14-15(6-7-16(18)19)17(21)8-11-20-9-4-2-3-5-10-20/h6-7,14,17,21H,2-5,8-13H2,1H3. The summed E-state index contributed by atoms with van der Waals surface area (Å²) in [5.41, 5.74) is 2.10. The molecule has 122 valence electrons. The zero-order chi connectivity index (χ0) is 15.4. The molecular weight excluding hydrogens is 276 g/mol. The van der Waals surface area contributed by atoms with Gasteiger partial charge in [0.2, 0.25) is 0 Å². The van der Waals surface area contributed by atoms with E-state index in [0.29, 0.717) is 0 Å². The molecular formula is C18H28N2O2. The first-order valence-corrected chi connectivity index (χ1v) is 8.62. The molecule has 0 radical (unpaired) electrons. The van der Waals surface area contributed by atoms with Crippen molar-refractivity contribution in [2.75, 3.05) is 44.7 Å². The number of fused-ring (bicyclic) bond motifs is 1. The quantitative estimate of drug-likeness (QED) is 0.928. The molecule has 3 rings (SSSR count). The van der Waals surface area contributed by atoms with Gasteiger partial charge in [-0.1, -0.05) is 18.9 Å². The number of hydrogen-bond acceptors (Lipinski definition) is 4. The van der Waals surface area contributed by atoms with Crippen molar-refractivity contribution in [2.45, 2.75) is 38.2 Å². The molecule has 4 heteroatoms. The summed E-state index contributed by atoms with van der Waals surface area (Å²) in [6.07, 6.45) is 5.71. The van der Waals surface area contributed by atoms with E-state index in [9.17, 15) is 5.11 Å². The number of rotatable bonds is 4. The molecule has 1 unspecified atom stereocenters. The molecule has 2 aliphatic heterocycles. The Morgan fingerprint density at radius 2 is 1.91 bits per heavy atom. The van der Waals surface area contributed by atoms with Gasteiger partial charge in [-0.05, 0) is 50.0 Å². The van der Waals surface area contributed by atoms with Gasteiger partial charge in [-0.15, -0.1) is 0 Å². The van der Waals surface area contributed by atoms with Gasteiger partial charge in [-0.2, -0.15) is 0 Å². The van der Waals surface area contributed by atoms with Crippen LogP contribution in [0.2, 0.25) is 0 Å². The Balaban J connectivity index is 1.58. The maximum Gasteiger partial charge on any atom is 0.143 e.